The smallest absolute Gasteiger partial charge is 0.339 e. The van der Waals surface area contributed by atoms with Crippen LogP contribution in [0.5, 0.6) is 0 Å². The number of aromatic nitrogens is 4. The molecule has 8 heteroatoms. The molecule has 0 aliphatic heterocycles. The maximum Gasteiger partial charge on any atom is 0.339 e. The van der Waals surface area contributed by atoms with Crippen molar-refractivity contribution in [1.82, 2.24) is 20.3 Å². The van der Waals surface area contributed by atoms with Gasteiger partial charge in [0.25, 0.3) is 0 Å². The van der Waals surface area contributed by atoms with E-state index in [1.165, 1.54) is 12.3 Å². The fourth-order valence-electron chi connectivity index (χ4n) is 1.21. The van der Waals surface area contributed by atoms with Gasteiger partial charge in [-0.25, -0.2) is 4.79 Å². The van der Waals surface area contributed by atoms with Crippen LogP contribution >= 0.6 is 0 Å². The molecule has 0 spiro atoms. The molecule has 88 valence electrons. The maximum atomic E-state index is 10.9. The predicted molar refractivity (Wildman–Crippen MR) is 55.4 cm³/mol. The molecule has 0 unspecified atom stereocenters. The van der Waals surface area contributed by atoms with E-state index < -0.39 is 5.97 Å². The van der Waals surface area contributed by atoms with Crippen LogP contribution in [0.2, 0.25) is 0 Å². The summed E-state index contributed by atoms with van der Waals surface area (Å²) in [6.07, 6.45) is 1.31. The molecule has 2 N–H and O–H groups in total. The van der Waals surface area contributed by atoms with Crippen LogP contribution in [-0.4, -0.2) is 31.4 Å². The number of aromatic carboxylic acids is 1. The number of nitrogens with zero attached hydrogens (tertiary/aromatic N) is 4. The first kappa shape index (κ1) is 11.0. The molecule has 0 aliphatic rings. The third kappa shape index (κ3) is 2.54. The number of carboxylic acid groups (broad SMARTS) is 1. The third-order valence-corrected chi connectivity index (χ3v) is 1.93. The fourth-order valence-corrected chi connectivity index (χ4v) is 1.21. The summed E-state index contributed by atoms with van der Waals surface area (Å²) in [4.78, 5) is 14.8. The van der Waals surface area contributed by atoms with Gasteiger partial charge in [-0.2, -0.15) is 10.1 Å². The Bertz CT molecular complexity index is 539. The molecule has 0 fully saturated rings. The zero-order valence-corrected chi connectivity index (χ0v) is 8.91. The molecule has 0 saturated heterocycles. The number of nitrogens with one attached hydrogen (secondary N) is 1. The Morgan fingerprint density at radius 2 is 2.41 bits per heavy atom. The van der Waals surface area contributed by atoms with Gasteiger partial charge in [-0.1, -0.05) is 5.16 Å². The van der Waals surface area contributed by atoms with Crippen molar-refractivity contribution < 1.29 is 14.4 Å². The summed E-state index contributed by atoms with van der Waals surface area (Å²) < 4.78 is 4.87. The minimum atomic E-state index is -1.08. The lowest BCUT2D eigenvalue weighted by molar-refractivity contribution is 0.0697. The number of carboxylic acids is 1. The number of hydrogen-bond acceptors (Lipinski definition) is 7. The molecule has 2 rings (SSSR count). The molecule has 8 nitrogen and oxygen atoms in total. The Balaban J connectivity index is 2.11. The molecule has 0 aliphatic carbocycles. The average molecular weight is 235 g/mol. The third-order valence-electron chi connectivity index (χ3n) is 1.93. The van der Waals surface area contributed by atoms with Gasteiger partial charge in [0, 0.05) is 0 Å². The minimum absolute atomic E-state index is 0.0382. The number of anilines is 1. The largest absolute Gasteiger partial charge is 0.478 e. The van der Waals surface area contributed by atoms with E-state index in [4.69, 9.17) is 9.63 Å². The summed E-state index contributed by atoms with van der Waals surface area (Å²) in [6.45, 7) is 1.89. The van der Waals surface area contributed by atoms with Gasteiger partial charge in [-0.15, -0.1) is 5.10 Å². The molecular weight excluding hydrogens is 226 g/mol. The Labute approximate surface area is 95.7 Å². The van der Waals surface area contributed by atoms with Gasteiger partial charge in [0.15, 0.2) is 11.6 Å². The zero-order chi connectivity index (χ0) is 12.3. The molecular formula is C9H9N5O3. The van der Waals surface area contributed by atoms with Crippen molar-refractivity contribution in [3.8, 4) is 0 Å². The van der Waals surface area contributed by atoms with Gasteiger partial charge in [0.1, 0.15) is 5.56 Å². The van der Waals surface area contributed by atoms with Crippen LogP contribution in [-0.2, 0) is 6.54 Å². The van der Waals surface area contributed by atoms with Gasteiger partial charge in [0.2, 0.25) is 5.89 Å². The van der Waals surface area contributed by atoms with Crippen molar-refractivity contribution in [3.05, 3.63) is 29.5 Å². The Morgan fingerprint density at radius 1 is 1.59 bits per heavy atom. The molecule has 2 aromatic heterocycles. The van der Waals surface area contributed by atoms with E-state index in [2.05, 4.69) is 25.7 Å². The van der Waals surface area contributed by atoms with Crippen molar-refractivity contribution in [2.24, 2.45) is 0 Å². The standard InChI is InChI=1S/C9H9N5O3/c1-5-12-7(17-14-5)4-10-8-6(9(15)16)2-3-11-13-8/h2-3H,4H2,1H3,(H,10,13)(H,15,16). The number of carbonyl (C=O) groups is 1. The van der Waals surface area contributed by atoms with Crippen LogP contribution in [0.4, 0.5) is 5.82 Å². The number of rotatable bonds is 4. The molecule has 0 atom stereocenters. The van der Waals surface area contributed by atoms with Crippen molar-refractivity contribution >= 4 is 11.8 Å². The van der Waals surface area contributed by atoms with E-state index in [0.717, 1.165) is 0 Å². The van der Waals surface area contributed by atoms with Gasteiger partial charge in [-0.3, -0.25) is 0 Å². The predicted octanol–water partition coefficient (Wildman–Crippen LogP) is 0.478. The van der Waals surface area contributed by atoms with Crippen LogP contribution in [0.25, 0.3) is 0 Å². The quantitative estimate of drug-likeness (QED) is 0.786. The first-order valence-corrected chi connectivity index (χ1v) is 4.75. The summed E-state index contributed by atoms with van der Waals surface area (Å²) in [7, 11) is 0. The minimum Gasteiger partial charge on any atom is -0.478 e. The maximum absolute atomic E-state index is 10.9. The van der Waals surface area contributed by atoms with E-state index in [9.17, 15) is 4.79 Å². The highest BCUT2D eigenvalue weighted by molar-refractivity contribution is 5.92. The van der Waals surface area contributed by atoms with Gasteiger partial charge in [-0.05, 0) is 13.0 Å². The van der Waals surface area contributed by atoms with E-state index >= 15 is 0 Å². The molecule has 2 heterocycles. The van der Waals surface area contributed by atoms with Crippen LogP contribution in [0.3, 0.4) is 0 Å². The van der Waals surface area contributed by atoms with Crippen molar-refractivity contribution in [2.75, 3.05) is 5.32 Å². The second-order valence-electron chi connectivity index (χ2n) is 3.19. The lowest BCUT2D eigenvalue weighted by atomic mass is 10.3. The Hall–Kier alpha value is -2.51. The van der Waals surface area contributed by atoms with E-state index in [0.29, 0.717) is 11.7 Å². The first-order valence-electron chi connectivity index (χ1n) is 4.75. The second-order valence-corrected chi connectivity index (χ2v) is 3.19. The first-order chi connectivity index (χ1) is 8.16. The molecule has 0 amide bonds. The lowest BCUT2D eigenvalue weighted by Crippen LogP contribution is -2.09. The van der Waals surface area contributed by atoms with E-state index in [1.54, 1.807) is 6.92 Å². The Kier molecular flexibility index (Phi) is 2.95. The van der Waals surface area contributed by atoms with Gasteiger partial charge >= 0.3 is 5.97 Å². The van der Waals surface area contributed by atoms with E-state index in [-0.39, 0.29) is 17.9 Å². The number of aryl methyl sites for hydroxylation is 1. The molecule has 0 bridgehead atoms. The average Bonchev–Trinajstić information content (AvgIpc) is 2.73. The topological polar surface area (TPSA) is 114 Å². The Morgan fingerprint density at radius 3 is 3.06 bits per heavy atom. The SMILES string of the molecule is Cc1noc(CNc2nnccc2C(=O)O)n1. The van der Waals surface area contributed by atoms with Crippen LogP contribution < -0.4 is 5.32 Å². The highest BCUT2D eigenvalue weighted by Gasteiger charge is 2.12. The van der Waals surface area contributed by atoms with Crippen molar-refractivity contribution in [3.63, 3.8) is 0 Å². The lowest BCUT2D eigenvalue weighted by Gasteiger charge is -2.04. The summed E-state index contributed by atoms with van der Waals surface area (Å²) in [5.41, 5.74) is 0.0382. The molecule has 0 saturated carbocycles. The van der Waals surface area contributed by atoms with Crippen LogP contribution in [0.15, 0.2) is 16.8 Å². The fraction of sp³-hybridized carbons (Fsp3) is 0.222. The molecule has 2 aromatic rings. The van der Waals surface area contributed by atoms with Crippen LogP contribution in [0.1, 0.15) is 22.1 Å². The monoisotopic (exact) mass is 235 g/mol. The normalized spacial score (nSPS) is 10.2. The highest BCUT2D eigenvalue weighted by atomic mass is 16.5. The summed E-state index contributed by atoms with van der Waals surface area (Å²) >= 11 is 0. The second kappa shape index (κ2) is 4.56. The van der Waals surface area contributed by atoms with Crippen molar-refractivity contribution in [2.45, 2.75) is 13.5 Å². The highest BCUT2D eigenvalue weighted by Crippen LogP contribution is 2.11. The zero-order valence-electron chi connectivity index (χ0n) is 8.91. The molecule has 0 aromatic carbocycles. The van der Waals surface area contributed by atoms with Crippen LogP contribution in [0, 0.1) is 6.92 Å². The molecule has 17 heavy (non-hydrogen) atoms. The van der Waals surface area contributed by atoms with Crippen molar-refractivity contribution in [1.29, 1.82) is 0 Å². The van der Waals surface area contributed by atoms with Gasteiger partial charge in [0.05, 0.1) is 12.7 Å². The summed E-state index contributed by atoms with van der Waals surface area (Å²) in [5, 5.41) is 22.6. The number of hydrogen-bond donors (Lipinski definition) is 2. The van der Waals surface area contributed by atoms with Gasteiger partial charge < -0.3 is 14.9 Å². The molecule has 0 radical (unpaired) electrons. The summed E-state index contributed by atoms with van der Waals surface area (Å²) in [5.74, 6) is -0.0520. The summed E-state index contributed by atoms with van der Waals surface area (Å²) in [6, 6.07) is 1.36. The van der Waals surface area contributed by atoms with E-state index in [1.807, 2.05) is 0 Å².